The van der Waals surface area contributed by atoms with Gasteiger partial charge in [-0.3, -0.25) is 4.90 Å². The second-order valence-corrected chi connectivity index (χ2v) is 4.71. The maximum Gasteiger partial charge on any atom is 0.124 e. The van der Waals surface area contributed by atoms with Gasteiger partial charge < -0.3 is 9.47 Å². The largest absolute Gasteiger partial charge is 0.494 e. The molecule has 0 saturated carbocycles. The van der Waals surface area contributed by atoms with E-state index in [-0.39, 0.29) is 12.1 Å². The zero-order valence-electron chi connectivity index (χ0n) is 11.5. The van der Waals surface area contributed by atoms with Gasteiger partial charge in [0.1, 0.15) is 11.8 Å². The summed E-state index contributed by atoms with van der Waals surface area (Å²) >= 11 is 0. The lowest BCUT2D eigenvalue weighted by atomic mass is 10.1. The Hall–Kier alpha value is -1.57. The fourth-order valence-electron chi connectivity index (χ4n) is 2.39. The molecule has 1 aromatic rings. The first-order valence-electron chi connectivity index (χ1n) is 6.72. The number of hydrogen-bond acceptors (Lipinski definition) is 4. The second-order valence-electron chi connectivity index (χ2n) is 4.71. The Kier molecular flexibility index (Phi) is 4.78. The lowest BCUT2D eigenvalue weighted by Crippen LogP contribution is -2.42. The highest BCUT2D eigenvalue weighted by Crippen LogP contribution is 2.25. The molecule has 0 bridgehead atoms. The van der Waals surface area contributed by atoms with Crippen LogP contribution in [0.3, 0.4) is 0 Å². The minimum absolute atomic E-state index is 0.180. The molecule has 0 N–H and O–H groups in total. The predicted octanol–water partition coefficient (Wildman–Crippen LogP) is 2.37. The molecule has 1 saturated heterocycles. The van der Waals surface area contributed by atoms with Gasteiger partial charge >= 0.3 is 0 Å². The molecule has 2 rings (SSSR count). The molecule has 0 aliphatic carbocycles. The molecule has 4 nitrogen and oxygen atoms in total. The second kappa shape index (κ2) is 6.55. The van der Waals surface area contributed by atoms with Gasteiger partial charge in [0.05, 0.1) is 25.4 Å². The van der Waals surface area contributed by atoms with Crippen LogP contribution in [0.1, 0.15) is 25.5 Å². The summed E-state index contributed by atoms with van der Waals surface area (Å²) in [6.07, 6.45) is 0.180. The van der Waals surface area contributed by atoms with Crippen molar-refractivity contribution in [1.29, 1.82) is 5.26 Å². The molecule has 19 heavy (non-hydrogen) atoms. The first kappa shape index (κ1) is 13.9. The van der Waals surface area contributed by atoms with E-state index in [9.17, 15) is 5.26 Å². The molecule has 0 amide bonds. The van der Waals surface area contributed by atoms with Gasteiger partial charge in [-0.05, 0) is 31.5 Å². The third kappa shape index (κ3) is 3.46. The molecule has 2 atom stereocenters. The van der Waals surface area contributed by atoms with Gasteiger partial charge in [-0.1, -0.05) is 12.1 Å². The van der Waals surface area contributed by atoms with Crippen molar-refractivity contribution in [2.24, 2.45) is 0 Å². The van der Waals surface area contributed by atoms with E-state index in [0.717, 1.165) is 24.4 Å². The first-order chi connectivity index (χ1) is 9.24. The van der Waals surface area contributed by atoms with Crippen LogP contribution in [0.15, 0.2) is 24.3 Å². The van der Waals surface area contributed by atoms with Crippen molar-refractivity contribution in [1.82, 2.24) is 4.90 Å². The quantitative estimate of drug-likeness (QED) is 0.833. The predicted molar refractivity (Wildman–Crippen MR) is 73.0 cm³/mol. The van der Waals surface area contributed by atoms with E-state index in [4.69, 9.17) is 9.47 Å². The molecular formula is C15H20N2O2. The van der Waals surface area contributed by atoms with Crippen LogP contribution < -0.4 is 4.74 Å². The van der Waals surface area contributed by atoms with Crippen LogP contribution >= 0.6 is 0 Å². The van der Waals surface area contributed by atoms with E-state index in [1.54, 1.807) is 0 Å². The molecule has 0 radical (unpaired) electrons. The summed E-state index contributed by atoms with van der Waals surface area (Å²) in [5, 5.41) is 9.47. The maximum absolute atomic E-state index is 9.47. The highest BCUT2D eigenvalue weighted by Gasteiger charge is 2.25. The molecule has 0 spiro atoms. The van der Waals surface area contributed by atoms with Crippen LogP contribution in [0.4, 0.5) is 0 Å². The van der Waals surface area contributed by atoms with Crippen LogP contribution in [-0.4, -0.2) is 37.3 Å². The van der Waals surface area contributed by atoms with Crippen LogP contribution in [0, 0.1) is 11.3 Å². The Bertz CT molecular complexity index is 456. The summed E-state index contributed by atoms with van der Waals surface area (Å²) in [6.45, 7) is 6.90. The summed E-state index contributed by atoms with van der Waals surface area (Å²) in [5.41, 5.74) is 0.988. The molecule has 2 unspecified atom stereocenters. The summed E-state index contributed by atoms with van der Waals surface area (Å²) in [4.78, 5) is 2.17. The molecular weight excluding hydrogens is 240 g/mol. The highest BCUT2D eigenvalue weighted by molar-refractivity contribution is 5.33. The van der Waals surface area contributed by atoms with E-state index >= 15 is 0 Å². The van der Waals surface area contributed by atoms with Gasteiger partial charge in [-0.2, -0.15) is 5.26 Å². The van der Waals surface area contributed by atoms with Gasteiger partial charge in [0.2, 0.25) is 0 Å². The molecule has 4 heteroatoms. The van der Waals surface area contributed by atoms with Crippen molar-refractivity contribution >= 4 is 0 Å². The number of nitriles is 1. The van der Waals surface area contributed by atoms with Gasteiger partial charge in [-0.25, -0.2) is 0 Å². The lowest BCUT2D eigenvalue weighted by molar-refractivity contribution is -0.0269. The Balaban J connectivity index is 2.17. The maximum atomic E-state index is 9.47. The van der Waals surface area contributed by atoms with Crippen LogP contribution in [0.2, 0.25) is 0 Å². The molecule has 1 fully saturated rings. The fourth-order valence-corrected chi connectivity index (χ4v) is 2.39. The van der Waals surface area contributed by atoms with Crippen LogP contribution in [0.25, 0.3) is 0 Å². The SMILES string of the molecule is CCOc1cccc(C(C#N)N2CCOC(C)C2)c1. The monoisotopic (exact) mass is 260 g/mol. The van der Waals surface area contributed by atoms with E-state index in [1.165, 1.54) is 0 Å². The Labute approximate surface area is 114 Å². The van der Waals surface area contributed by atoms with Crippen molar-refractivity contribution in [3.8, 4) is 11.8 Å². The van der Waals surface area contributed by atoms with Crippen LogP contribution in [0.5, 0.6) is 5.75 Å². The zero-order chi connectivity index (χ0) is 13.7. The summed E-state index contributed by atoms with van der Waals surface area (Å²) in [6, 6.07) is 9.96. The van der Waals surface area contributed by atoms with E-state index in [1.807, 2.05) is 38.1 Å². The number of nitrogens with zero attached hydrogens (tertiary/aromatic N) is 2. The Morgan fingerprint density at radius 3 is 3.11 bits per heavy atom. The van der Waals surface area contributed by atoms with Gasteiger partial charge in [0.25, 0.3) is 0 Å². The third-order valence-electron chi connectivity index (χ3n) is 3.24. The number of ether oxygens (including phenoxy) is 2. The molecule has 0 aromatic heterocycles. The van der Waals surface area contributed by atoms with Crippen molar-refractivity contribution in [3.63, 3.8) is 0 Å². The van der Waals surface area contributed by atoms with E-state index in [2.05, 4.69) is 11.0 Å². The van der Waals surface area contributed by atoms with Crippen LogP contribution in [-0.2, 0) is 4.74 Å². The molecule has 102 valence electrons. The normalized spacial score (nSPS) is 21.6. The highest BCUT2D eigenvalue weighted by atomic mass is 16.5. The van der Waals surface area contributed by atoms with Gasteiger partial charge in [0, 0.05) is 13.1 Å². The third-order valence-corrected chi connectivity index (χ3v) is 3.24. The summed E-state index contributed by atoms with van der Waals surface area (Å²) < 4.78 is 11.0. The molecule has 1 heterocycles. The van der Waals surface area contributed by atoms with Crippen molar-refractivity contribution < 1.29 is 9.47 Å². The summed E-state index contributed by atoms with van der Waals surface area (Å²) in [5.74, 6) is 0.821. The van der Waals surface area contributed by atoms with Crippen molar-refractivity contribution in [2.45, 2.75) is 26.0 Å². The summed E-state index contributed by atoms with van der Waals surface area (Å²) in [7, 11) is 0. The van der Waals surface area contributed by atoms with Gasteiger partial charge in [0.15, 0.2) is 0 Å². The minimum atomic E-state index is -0.230. The van der Waals surface area contributed by atoms with Crippen molar-refractivity contribution in [3.05, 3.63) is 29.8 Å². The zero-order valence-corrected chi connectivity index (χ0v) is 11.5. The minimum Gasteiger partial charge on any atom is -0.494 e. The fraction of sp³-hybridized carbons (Fsp3) is 0.533. The van der Waals surface area contributed by atoms with E-state index in [0.29, 0.717) is 13.2 Å². The number of morpholine rings is 1. The topological polar surface area (TPSA) is 45.5 Å². The smallest absolute Gasteiger partial charge is 0.124 e. The Morgan fingerprint density at radius 2 is 2.42 bits per heavy atom. The number of benzene rings is 1. The molecule has 1 aromatic carbocycles. The van der Waals surface area contributed by atoms with Crippen molar-refractivity contribution in [2.75, 3.05) is 26.3 Å². The molecule has 1 aliphatic heterocycles. The first-order valence-corrected chi connectivity index (χ1v) is 6.72. The van der Waals surface area contributed by atoms with Gasteiger partial charge in [-0.15, -0.1) is 0 Å². The Morgan fingerprint density at radius 1 is 1.58 bits per heavy atom. The number of rotatable bonds is 4. The number of hydrogen-bond donors (Lipinski definition) is 0. The standard InChI is InChI=1S/C15H20N2O2/c1-3-18-14-6-4-5-13(9-14)15(10-16)17-7-8-19-12(2)11-17/h4-6,9,12,15H,3,7-8,11H2,1-2H3. The van der Waals surface area contributed by atoms with E-state index < -0.39 is 0 Å². The molecule has 1 aliphatic rings. The average Bonchev–Trinajstić information content (AvgIpc) is 2.41. The average molecular weight is 260 g/mol. The lowest BCUT2D eigenvalue weighted by Gasteiger charge is -2.34.